The number of anilines is 1. The summed E-state index contributed by atoms with van der Waals surface area (Å²) in [5, 5.41) is -0.0236. The average Bonchev–Trinajstić information content (AvgIpc) is 2.85. The van der Waals surface area contributed by atoms with Gasteiger partial charge in [-0.1, -0.05) is 0 Å². The molecule has 0 radical (unpaired) electrons. The van der Waals surface area contributed by atoms with Gasteiger partial charge in [-0.25, -0.2) is 4.98 Å². The summed E-state index contributed by atoms with van der Waals surface area (Å²) in [4.78, 5) is 12.4. The monoisotopic (exact) mass is 339 g/mol. The van der Waals surface area contributed by atoms with Crippen molar-refractivity contribution in [3.8, 4) is 6.01 Å². The van der Waals surface area contributed by atoms with Crippen LogP contribution in [-0.4, -0.2) is 34.5 Å². The van der Waals surface area contributed by atoms with Gasteiger partial charge in [0.15, 0.2) is 5.03 Å². The van der Waals surface area contributed by atoms with E-state index in [2.05, 4.69) is 19.7 Å². The first-order valence-electron chi connectivity index (χ1n) is 7.33. The highest BCUT2D eigenvalue weighted by Crippen LogP contribution is 2.23. The van der Waals surface area contributed by atoms with Crippen LogP contribution in [0.2, 0.25) is 0 Å². The molecule has 0 aliphatic heterocycles. The molecular formula is C14H21N5O3S. The molecule has 0 saturated carbocycles. The van der Waals surface area contributed by atoms with Gasteiger partial charge < -0.3 is 9.30 Å². The zero-order chi connectivity index (χ0) is 17.2. The summed E-state index contributed by atoms with van der Waals surface area (Å²) in [6, 6.07) is 0.233. The molecule has 0 aliphatic rings. The second kappa shape index (κ2) is 6.53. The molecule has 126 valence electrons. The quantitative estimate of drug-likeness (QED) is 0.862. The Labute approximate surface area is 136 Å². The topological polar surface area (TPSA) is 99.0 Å². The third-order valence-electron chi connectivity index (χ3n) is 3.33. The molecule has 1 N–H and O–H groups in total. The molecule has 0 atom stereocenters. The molecule has 2 aromatic heterocycles. The lowest BCUT2D eigenvalue weighted by molar-refractivity contribution is 0.311. The van der Waals surface area contributed by atoms with Crippen molar-refractivity contribution in [2.24, 2.45) is 0 Å². The third-order valence-corrected chi connectivity index (χ3v) is 4.55. The Hall–Kier alpha value is -2.16. The number of hydrogen-bond acceptors (Lipinski definition) is 6. The Bertz CT molecular complexity index is 791. The van der Waals surface area contributed by atoms with Gasteiger partial charge in [-0.15, -0.1) is 0 Å². The van der Waals surface area contributed by atoms with Crippen LogP contribution in [0.15, 0.2) is 11.2 Å². The van der Waals surface area contributed by atoms with Crippen LogP contribution < -0.4 is 9.46 Å². The predicted molar refractivity (Wildman–Crippen MR) is 86.1 cm³/mol. The number of nitrogens with zero attached hydrogens (tertiary/aromatic N) is 4. The number of imidazole rings is 1. The van der Waals surface area contributed by atoms with Crippen LogP contribution in [0.3, 0.4) is 0 Å². The zero-order valence-electron chi connectivity index (χ0n) is 13.9. The Kier molecular flexibility index (Phi) is 4.88. The smallest absolute Gasteiger partial charge is 0.316 e. The molecule has 0 aromatic carbocycles. The van der Waals surface area contributed by atoms with E-state index in [-0.39, 0.29) is 11.0 Å². The molecule has 0 bridgehead atoms. The summed E-state index contributed by atoms with van der Waals surface area (Å²) in [6.45, 7) is 10.0. The number of ether oxygens (including phenoxy) is 1. The summed E-state index contributed by atoms with van der Waals surface area (Å²) in [5.74, 6) is 0.643. The minimum absolute atomic E-state index is 0.0236. The first kappa shape index (κ1) is 17.2. The number of rotatable bonds is 6. The Balaban J connectivity index is 2.37. The van der Waals surface area contributed by atoms with Gasteiger partial charge in [-0.3, -0.25) is 4.72 Å². The van der Waals surface area contributed by atoms with Gasteiger partial charge in [-0.2, -0.15) is 18.4 Å². The largest absolute Gasteiger partial charge is 0.464 e. The van der Waals surface area contributed by atoms with Crippen molar-refractivity contribution in [3.63, 3.8) is 0 Å². The van der Waals surface area contributed by atoms with Crippen molar-refractivity contribution >= 4 is 15.7 Å². The van der Waals surface area contributed by atoms with Crippen LogP contribution in [0.25, 0.3) is 0 Å². The van der Waals surface area contributed by atoms with Gasteiger partial charge >= 0.3 is 6.01 Å². The summed E-state index contributed by atoms with van der Waals surface area (Å²) >= 11 is 0. The predicted octanol–water partition coefficient (Wildman–Crippen LogP) is 1.82. The first-order valence-corrected chi connectivity index (χ1v) is 8.81. The van der Waals surface area contributed by atoms with Crippen LogP contribution >= 0.6 is 0 Å². The normalized spacial score (nSPS) is 11.5. The fraction of sp³-hybridized carbons (Fsp3) is 0.500. The van der Waals surface area contributed by atoms with Crippen molar-refractivity contribution in [2.45, 2.75) is 46.2 Å². The molecule has 8 nitrogen and oxygen atoms in total. The molecule has 0 spiro atoms. The average molecular weight is 339 g/mol. The van der Waals surface area contributed by atoms with Gasteiger partial charge in [0.05, 0.1) is 23.7 Å². The summed E-state index contributed by atoms with van der Waals surface area (Å²) in [5.41, 5.74) is 1.34. The van der Waals surface area contributed by atoms with Crippen LogP contribution in [-0.2, 0) is 16.6 Å². The lowest BCUT2D eigenvalue weighted by Gasteiger charge is -2.12. The van der Waals surface area contributed by atoms with Crippen molar-refractivity contribution < 1.29 is 13.2 Å². The fourth-order valence-corrected chi connectivity index (χ4v) is 3.33. The summed E-state index contributed by atoms with van der Waals surface area (Å²) in [6.07, 6.45) is 1.51. The second-order valence-electron chi connectivity index (χ2n) is 5.00. The van der Waals surface area contributed by atoms with Crippen LogP contribution in [0, 0.1) is 20.8 Å². The maximum Gasteiger partial charge on any atom is 0.316 e. The van der Waals surface area contributed by atoms with Gasteiger partial charge in [0.1, 0.15) is 5.82 Å². The molecule has 2 heterocycles. The van der Waals surface area contributed by atoms with E-state index < -0.39 is 10.0 Å². The van der Waals surface area contributed by atoms with Crippen LogP contribution in [0.4, 0.5) is 5.69 Å². The summed E-state index contributed by atoms with van der Waals surface area (Å²) < 4.78 is 34.6. The lowest BCUT2D eigenvalue weighted by Crippen LogP contribution is -2.16. The molecule has 23 heavy (non-hydrogen) atoms. The van der Waals surface area contributed by atoms with E-state index in [0.29, 0.717) is 36.1 Å². The maximum absolute atomic E-state index is 12.5. The number of nitrogens with one attached hydrogen (secondary N) is 1. The SMILES string of the molecule is CCOc1nc(C)c(NS(=O)(=O)c2cn(CC)c(C)n2)c(C)n1. The van der Waals surface area contributed by atoms with E-state index in [4.69, 9.17) is 4.74 Å². The zero-order valence-corrected chi connectivity index (χ0v) is 14.7. The van der Waals surface area contributed by atoms with Crippen LogP contribution in [0.5, 0.6) is 6.01 Å². The number of hydrogen-bond donors (Lipinski definition) is 1. The molecule has 2 rings (SSSR count). The van der Waals surface area contributed by atoms with Gasteiger partial charge in [0.25, 0.3) is 10.0 Å². The maximum atomic E-state index is 12.5. The highest BCUT2D eigenvalue weighted by Gasteiger charge is 2.22. The minimum Gasteiger partial charge on any atom is -0.464 e. The summed E-state index contributed by atoms with van der Waals surface area (Å²) in [7, 11) is -3.80. The molecule has 0 saturated heterocycles. The van der Waals surface area contributed by atoms with E-state index in [9.17, 15) is 8.42 Å². The molecule has 0 aliphatic carbocycles. The van der Waals surface area contributed by atoms with Crippen molar-refractivity contribution in [3.05, 3.63) is 23.4 Å². The molecule has 0 amide bonds. The fourth-order valence-electron chi connectivity index (χ4n) is 2.14. The Morgan fingerprint density at radius 3 is 2.22 bits per heavy atom. The highest BCUT2D eigenvalue weighted by atomic mass is 32.2. The van der Waals surface area contributed by atoms with E-state index in [0.717, 1.165) is 0 Å². The highest BCUT2D eigenvalue weighted by molar-refractivity contribution is 7.92. The number of sulfonamides is 1. The van der Waals surface area contributed by atoms with Crippen molar-refractivity contribution in [1.29, 1.82) is 0 Å². The number of aryl methyl sites for hydroxylation is 4. The first-order chi connectivity index (χ1) is 10.8. The van der Waals surface area contributed by atoms with Gasteiger partial charge in [-0.05, 0) is 34.6 Å². The third kappa shape index (κ3) is 3.61. The van der Waals surface area contributed by atoms with E-state index >= 15 is 0 Å². The second-order valence-corrected chi connectivity index (χ2v) is 6.63. The van der Waals surface area contributed by atoms with E-state index in [1.807, 2.05) is 13.8 Å². The Morgan fingerprint density at radius 2 is 1.74 bits per heavy atom. The molecule has 0 unspecified atom stereocenters. The van der Waals surface area contributed by atoms with E-state index in [1.165, 1.54) is 6.20 Å². The standard InChI is InChI=1S/C14H21N5O3S/c1-6-19-8-12(17-11(19)5)23(20,21)18-13-9(3)15-14(22-7-2)16-10(13)4/h8,18H,6-7H2,1-5H3. The number of aromatic nitrogens is 4. The minimum atomic E-state index is -3.80. The van der Waals surface area contributed by atoms with Gasteiger partial charge in [0, 0.05) is 12.7 Å². The van der Waals surface area contributed by atoms with E-state index in [1.54, 1.807) is 25.3 Å². The molecule has 9 heteroatoms. The van der Waals surface area contributed by atoms with Gasteiger partial charge in [0.2, 0.25) is 0 Å². The lowest BCUT2D eigenvalue weighted by atomic mass is 10.3. The van der Waals surface area contributed by atoms with Crippen LogP contribution in [0.1, 0.15) is 31.1 Å². The Morgan fingerprint density at radius 1 is 1.13 bits per heavy atom. The van der Waals surface area contributed by atoms with Crippen molar-refractivity contribution in [1.82, 2.24) is 19.5 Å². The molecule has 2 aromatic rings. The molecule has 0 fully saturated rings. The van der Waals surface area contributed by atoms with Crippen molar-refractivity contribution in [2.75, 3.05) is 11.3 Å². The molecular weight excluding hydrogens is 318 g/mol.